The van der Waals surface area contributed by atoms with Gasteiger partial charge in [-0.3, -0.25) is 14.5 Å². The van der Waals surface area contributed by atoms with E-state index in [4.69, 9.17) is 0 Å². The number of carbonyl (C=O) groups is 3. The minimum absolute atomic E-state index is 0.0923. The molecular formula is C18H22FN3O3. The van der Waals surface area contributed by atoms with E-state index in [1.54, 1.807) is 11.0 Å². The third kappa shape index (κ3) is 2.99. The first-order chi connectivity index (χ1) is 11.8. The zero-order chi connectivity index (χ0) is 18.2. The van der Waals surface area contributed by atoms with Crippen LogP contribution in [-0.4, -0.2) is 46.8 Å². The number of amides is 4. The molecule has 0 bridgehead atoms. The Bertz CT molecular complexity index is 723. The molecule has 7 heteroatoms. The molecule has 0 radical (unpaired) electrons. The molecule has 0 saturated carbocycles. The summed E-state index contributed by atoms with van der Waals surface area (Å²) in [5.41, 5.74) is -1.41. The average Bonchev–Trinajstić information content (AvgIpc) is 2.79. The first-order valence-electron chi connectivity index (χ1n) is 8.53. The first-order valence-corrected chi connectivity index (χ1v) is 8.53. The second-order valence-electron chi connectivity index (χ2n) is 6.86. The number of benzene rings is 1. The topological polar surface area (TPSA) is 69.7 Å². The fourth-order valence-electron chi connectivity index (χ4n) is 3.58. The largest absolute Gasteiger partial charge is 0.338 e. The van der Waals surface area contributed by atoms with Crippen molar-refractivity contribution < 1.29 is 18.8 Å². The van der Waals surface area contributed by atoms with Crippen LogP contribution in [0.25, 0.3) is 0 Å². The van der Waals surface area contributed by atoms with Gasteiger partial charge in [0.2, 0.25) is 5.91 Å². The summed E-state index contributed by atoms with van der Waals surface area (Å²) in [6.45, 7) is 3.74. The standard InChI is InChI=1S/C18H22FN3O3/c1-12-7-5-6-10-21(12)15(23)11-22-16(24)18(2,20-17(22)25)13-8-3-4-9-14(13)19/h3-4,8-9,12H,5-7,10-11H2,1-2H3,(H,20,25). The highest BCUT2D eigenvalue weighted by Gasteiger charge is 2.51. The highest BCUT2D eigenvalue weighted by atomic mass is 19.1. The number of rotatable bonds is 3. The molecule has 1 aromatic carbocycles. The van der Waals surface area contributed by atoms with Gasteiger partial charge in [-0.15, -0.1) is 0 Å². The summed E-state index contributed by atoms with van der Waals surface area (Å²) in [4.78, 5) is 40.2. The monoisotopic (exact) mass is 347 g/mol. The van der Waals surface area contributed by atoms with Crippen LogP contribution >= 0.6 is 0 Å². The van der Waals surface area contributed by atoms with Gasteiger partial charge in [0.25, 0.3) is 5.91 Å². The van der Waals surface area contributed by atoms with Gasteiger partial charge >= 0.3 is 6.03 Å². The molecule has 2 aliphatic heterocycles. The van der Waals surface area contributed by atoms with Gasteiger partial charge in [0.1, 0.15) is 17.9 Å². The van der Waals surface area contributed by atoms with Crippen LogP contribution in [-0.2, 0) is 15.1 Å². The molecule has 2 aliphatic rings. The van der Waals surface area contributed by atoms with Crippen LogP contribution in [0.1, 0.15) is 38.7 Å². The van der Waals surface area contributed by atoms with Crippen LogP contribution in [0.2, 0.25) is 0 Å². The van der Waals surface area contributed by atoms with Crippen molar-refractivity contribution in [1.29, 1.82) is 0 Å². The molecule has 134 valence electrons. The van der Waals surface area contributed by atoms with E-state index < -0.39 is 23.3 Å². The Hall–Kier alpha value is -2.44. The zero-order valence-electron chi connectivity index (χ0n) is 14.4. The molecule has 2 saturated heterocycles. The fraction of sp³-hybridized carbons (Fsp3) is 0.500. The second kappa shape index (κ2) is 6.46. The van der Waals surface area contributed by atoms with E-state index in [2.05, 4.69) is 5.32 Å². The Balaban J connectivity index is 1.80. The minimum atomic E-state index is -1.50. The predicted molar refractivity (Wildman–Crippen MR) is 89.0 cm³/mol. The molecular weight excluding hydrogens is 325 g/mol. The summed E-state index contributed by atoms with van der Waals surface area (Å²) in [7, 11) is 0. The number of piperidine rings is 1. The molecule has 2 unspecified atom stereocenters. The zero-order valence-corrected chi connectivity index (χ0v) is 14.4. The van der Waals surface area contributed by atoms with Gasteiger partial charge in [-0.2, -0.15) is 0 Å². The third-order valence-electron chi connectivity index (χ3n) is 5.10. The number of urea groups is 1. The van der Waals surface area contributed by atoms with Crippen LogP contribution in [0.5, 0.6) is 0 Å². The van der Waals surface area contributed by atoms with Gasteiger partial charge < -0.3 is 10.2 Å². The van der Waals surface area contributed by atoms with E-state index in [1.165, 1.54) is 25.1 Å². The van der Waals surface area contributed by atoms with Crippen molar-refractivity contribution in [3.05, 3.63) is 35.6 Å². The first kappa shape index (κ1) is 17.4. The summed E-state index contributed by atoms with van der Waals surface area (Å²) in [6, 6.07) is 5.25. The number of hydrogen-bond acceptors (Lipinski definition) is 3. The maximum atomic E-state index is 14.1. The quantitative estimate of drug-likeness (QED) is 0.850. The number of hydrogen-bond donors (Lipinski definition) is 1. The van der Waals surface area contributed by atoms with Crippen molar-refractivity contribution in [3.63, 3.8) is 0 Å². The van der Waals surface area contributed by atoms with Crippen molar-refractivity contribution >= 4 is 17.8 Å². The molecule has 3 rings (SSSR count). The van der Waals surface area contributed by atoms with E-state index in [-0.39, 0.29) is 24.1 Å². The van der Waals surface area contributed by atoms with Gasteiger partial charge in [-0.1, -0.05) is 18.2 Å². The third-order valence-corrected chi connectivity index (χ3v) is 5.10. The molecule has 0 spiro atoms. The summed E-state index contributed by atoms with van der Waals surface area (Å²) in [5.74, 6) is -1.44. The van der Waals surface area contributed by atoms with E-state index in [9.17, 15) is 18.8 Å². The van der Waals surface area contributed by atoms with Crippen molar-refractivity contribution in [2.24, 2.45) is 0 Å². The number of carbonyl (C=O) groups excluding carboxylic acids is 3. The van der Waals surface area contributed by atoms with Crippen molar-refractivity contribution in [2.45, 2.75) is 44.7 Å². The van der Waals surface area contributed by atoms with Gasteiger partial charge in [0.05, 0.1) is 0 Å². The van der Waals surface area contributed by atoms with Crippen molar-refractivity contribution in [1.82, 2.24) is 15.1 Å². The molecule has 1 aromatic rings. The second-order valence-corrected chi connectivity index (χ2v) is 6.86. The van der Waals surface area contributed by atoms with Crippen molar-refractivity contribution in [3.8, 4) is 0 Å². The molecule has 0 aromatic heterocycles. The van der Waals surface area contributed by atoms with Gasteiger partial charge in [0, 0.05) is 18.2 Å². The molecule has 4 amide bonds. The van der Waals surface area contributed by atoms with Crippen LogP contribution in [0.3, 0.4) is 0 Å². The normalized spacial score (nSPS) is 26.8. The van der Waals surface area contributed by atoms with Gasteiger partial charge in [-0.25, -0.2) is 9.18 Å². The number of halogens is 1. The highest BCUT2D eigenvalue weighted by molar-refractivity contribution is 6.09. The van der Waals surface area contributed by atoms with Crippen molar-refractivity contribution in [2.75, 3.05) is 13.1 Å². The summed E-state index contributed by atoms with van der Waals surface area (Å²) in [6.07, 6.45) is 2.90. The predicted octanol–water partition coefficient (Wildman–Crippen LogP) is 1.99. The molecule has 2 fully saturated rings. The van der Waals surface area contributed by atoms with E-state index in [0.717, 1.165) is 24.2 Å². The maximum absolute atomic E-state index is 14.1. The lowest BCUT2D eigenvalue weighted by Crippen LogP contribution is -2.48. The molecule has 2 atom stereocenters. The average molecular weight is 347 g/mol. The van der Waals surface area contributed by atoms with E-state index in [0.29, 0.717) is 6.54 Å². The smallest absolute Gasteiger partial charge is 0.325 e. The fourth-order valence-corrected chi connectivity index (χ4v) is 3.58. The van der Waals surface area contributed by atoms with Gasteiger partial charge in [0.15, 0.2) is 0 Å². The molecule has 25 heavy (non-hydrogen) atoms. The Kier molecular flexibility index (Phi) is 4.49. The number of likely N-dealkylation sites (tertiary alicyclic amines) is 1. The minimum Gasteiger partial charge on any atom is -0.338 e. The Labute approximate surface area is 146 Å². The maximum Gasteiger partial charge on any atom is 0.325 e. The molecule has 6 nitrogen and oxygen atoms in total. The van der Waals surface area contributed by atoms with E-state index in [1.807, 2.05) is 6.92 Å². The van der Waals surface area contributed by atoms with Crippen LogP contribution < -0.4 is 5.32 Å². The Morgan fingerprint density at radius 2 is 2.04 bits per heavy atom. The number of imide groups is 1. The SMILES string of the molecule is CC1CCCCN1C(=O)CN1C(=O)NC(C)(c2ccccc2F)C1=O. The van der Waals surface area contributed by atoms with Crippen LogP contribution in [0.4, 0.5) is 9.18 Å². The lowest BCUT2D eigenvalue weighted by molar-refractivity contribution is -0.140. The van der Waals surface area contributed by atoms with E-state index >= 15 is 0 Å². The lowest BCUT2D eigenvalue weighted by atomic mass is 9.91. The van der Waals surface area contributed by atoms with Gasteiger partial charge in [-0.05, 0) is 39.2 Å². The number of nitrogens with zero attached hydrogens (tertiary/aromatic N) is 2. The molecule has 0 aliphatic carbocycles. The summed E-state index contributed by atoms with van der Waals surface area (Å²) in [5, 5.41) is 2.53. The lowest BCUT2D eigenvalue weighted by Gasteiger charge is -2.34. The summed E-state index contributed by atoms with van der Waals surface area (Å²) >= 11 is 0. The van der Waals surface area contributed by atoms with Crippen LogP contribution in [0.15, 0.2) is 24.3 Å². The number of nitrogens with one attached hydrogen (secondary N) is 1. The molecule has 2 heterocycles. The Morgan fingerprint density at radius 3 is 2.72 bits per heavy atom. The highest BCUT2D eigenvalue weighted by Crippen LogP contribution is 2.30. The summed E-state index contributed by atoms with van der Waals surface area (Å²) < 4.78 is 14.1. The Morgan fingerprint density at radius 1 is 1.32 bits per heavy atom. The molecule has 1 N–H and O–H groups in total. The van der Waals surface area contributed by atoms with Crippen LogP contribution in [0, 0.1) is 5.82 Å².